The minimum Gasteiger partial charge on any atom is -0.347 e. The van der Waals surface area contributed by atoms with Crippen molar-refractivity contribution in [2.24, 2.45) is 0 Å². The second-order valence-corrected chi connectivity index (χ2v) is 7.21. The smallest absolute Gasteiger partial charge is 0.261 e. The summed E-state index contributed by atoms with van der Waals surface area (Å²) in [5.74, 6) is -0.0694. The zero-order valence-electron chi connectivity index (χ0n) is 10.5. The second-order valence-electron chi connectivity index (χ2n) is 3.99. The molecule has 0 aliphatic carbocycles. The van der Waals surface area contributed by atoms with Gasteiger partial charge in [0.25, 0.3) is 5.91 Å². The second kappa shape index (κ2) is 6.19. The van der Waals surface area contributed by atoms with E-state index in [2.05, 4.69) is 42.3 Å². The van der Waals surface area contributed by atoms with Crippen molar-refractivity contribution in [2.45, 2.75) is 26.9 Å². The molecule has 7 heteroatoms. The molecule has 2 rings (SSSR count). The Morgan fingerprint density at radius 1 is 1.53 bits per heavy atom. The van der Waals surface area contributed by atoms with E-state index < -0.39 is 0 Å². The molecule has 2 heterocycles. The van der Waals surface area contributed by atoms with Crippen LogP contribution in [0.2, 0.25) is 0 Å². The van der Waals surface area contributed by atoms with Crippen LogP contribution < -0.4 is 5.32 Å². The van der Waals surface area contributed by atoms with Crippen LogP contribution in [0.1, 0.15) is 27.9 Å². The number of carbonyl (C=O) groups excluding carboxylic acids is 1. The third-order valence-electron chi connectivity index (χ3n) is 2.81. The fourth-order valence-electron chi connectivity index (χ4n) is 1.70. The number of thiophene rings is 1. The van der Waals surface area contributed by atoms with Crippen LogP contribution in [0.5, 0.6) is 0 Å². The standard InChI is InChI=1S/C12H13Br2N3OS/c1-3-17-7(2)8(6-16-17)5-15-12(18)10-4-9(13)11(14)19-10/h4,6H,3,5H2,1-2H3,(H,15,18). The molecule has 0 aromatic carbocycles. The van der Waals surface area contributed by atoms with Gasteiger partial charge in [0.15, 0.2) is 0 Å². The maximum atomic E-state index is 12.0. The maximum absolute atomic E-state index is 12.0. The van der Waals surface area contributed by atoms with E-state index in [1.165, 1.54) is 11.3 Å². The van der Waals surface area contributed by atoms with Crippen LogP contribution in [0, 0.1) is 6.92 Å². The van der Waals surface area contributed by atoms with Gasteiger partial charge in [-0.1, -0.05) is 0 Å². The van der Waals surface area contributed by atoms with Gasteiger partial charge in [-0.25, -0.2) is 0 Å². The monoisotopic (exact) mass is 405 g/mol. The van der Waals surface area contributed by atoms with Crippen molar-refractivity contribution in [2.75, 3.05) is 0 Å². The van der Waals surface area contributed by atoms with E-state index in [0.717, 1.165) is 26.1 Å². The number of nitrogens with one attached hydrogen (secondary N) is 1. The molecule has 0 bridgehead atoms. The highest BCUT2D eigenvalue weighted by Gasteiger charge is 2.13. The lowest BCUT2D eigenvalue weighted by atomic mass is 10.2. The molecule has 4 nitrogen and oxygen atoms in total. The van der Waals surface area contributed by atoms with Gasteiger partial charge in [0.1, 0.15) is 0 Å². The molecule has 0 spiro atoms. The highest BCUT2D eigenvalue weighted by Crippen LogP contribution is 2.32. The Balaban J connectivity index is 2.02. The fourth-order valence-corrected chi connectivity index (χ4v) is 3.65. The van der Waals surface area contributed by atoms with E-state index in [4.69, 9.17) is 0 Å². The summed E-state index contributed by atoms with van der Waals surface area (Å²) in [6.45, 7) is 5.39. The molecule has 19 heavy (non-hydrogen) atoms. The van der Waals surface area contributed by atoms with Crippen LogP contribution in [0.4, 0.5) is 0 Å². The van der Waals surface area contributed by atoms with Gasteiger partial charge >= 0.3 is 0 Å². The number of aryl methyl sites for hydroxylation is 1. The molecule has 0 aliphatic rings. The SMILES string of the molecule is CCn1ncc(CNC(=O)c2cc(Br)c(Br)s2)c1C. The molecule has 1 amide bonds. The van der Waals surface area contributed by atoms with E-state index in [0.29, 0.717) is 11.4 Å². The first-order chi connectivity index (χ1) is 9.02. The highest BCUT2D eigenvalue weighted by atomic mass is 79.9. The van der Waals surface area contributed by atoms with Crippen molar-refractivity contribution >= 4 is 49.1 Å². The maximum Gasteiger partial charge on any atom is 0.261 e. The Bertz CT molecular complexity index is 587. The molecular formula is C12H13Br2N3OS. The third-order valence-corrected chi connectivity index (χ3v) is 6.07. The lowest BCUT2D eigenvalue weighted by Crippen LogP contribution is -2.22. The molecule has 0 atom stereocenters. The zero-order valence-corrected chi connectivity index (χ0v) is 14.5. The third kappa shape index (κ3) is 3.27. The van der Waals surface area contributed by atoms with E-state index in [1.807, 2.05) is 24.6 Å². The van der Waals surface area contributed by atoms with Crippen molar-refractivity contribution in [1.82, 2.24) is 15.1 Å². The lowest BCUT2D eigenvalue weighted by molar-refractivity contribution is 0.0955. The highest BCUT2D eigenvalue weighted by molar-refractivity contribution is 9.13. The number of carbonyl (C=O) groups is 1. The summed E-state index contributed by atoms with van der Waals surface area (Å²) in [4.78, 5) is 12.7. The number of hydrogen-bond acceptors (Lipinski definition) is 3. The summed E-state index contributed by atoms with van der Waals surface area (Å²) in [6, 6.07) is 1.81. The van der Waals surface area contributed by atoms with Crippen molar-refractivity contribution in [3.8, 4) is 0 Å². The Morgan fingerprint density at radius 3 is 2.79 bits per heavy atom. The molecule has 2 aromatic rings. The summed E-state index contributed by atoms with van der Waals surface area (Å²) in [5.41, 5.74) is 2.14. The van der Waals surface area contributed by atoms with Gasteiger partial charge in [-0.3, -0.25) is 9.48 Å². The van der Waals surface area contributed by atoms with E-state index in [-0.39, 0.29) is 5.91 Å². The minimum atomic E-state index is -0.0694. The number of halogens is 2. The first-order valence-corrected chi connectivity index (χ1v) is 8.17. The summed E-state index contributed by atoms with van der Waals surface area (Å²) < 4.78 is 3.74. The number of hydrogen-bond donors (Lipinski definition) is 1. The van der Waals surface area contributed by atoms with Gasteiger partial charge in [-0.05, 0) is 51.8 Å². The molecule has 0 radical (unpaired) electrons. The first kappa shape index (κ1) is 14.7. The molecular weight excluding hydrogens is 394 g/mol. The van der Waals surface area contributed by atoms with Crippen molar-refractivity contribution < 1.29 is 4.79 Å². The zero-order chi connectivity index (χ0) is 14.0. The summed E-state index contributed by atoms with van der Waals surface area (Å²) in [5, 5.41) is 7.17. The van der Waals surface area contributed by atoms with Gasteiger partial charge in [0.2, 0.25) is 0 Å². The number of nitrogens with zero attached hydrogens (tertiary/aromatic N) is 2. The van der Waals surface area contributed by atoms with Gasteiger partial charge in [-0.15, -0.1) is 11.3 Å². The Hall–Kier alpha value is -0.660. The quantitative estimate of drug-likeness (QED) is 0.840. The average Bonchev–Trinajstić information content (AvgIpc) is 2.91. The topological polar surface area (TPSA) is 46.9 Å². The average molecular weight is 407 g/mol. The predicted molar refractivity (Wildman–Crippen MR) is 83.5 cm³/mol. The molecule has 0 saturated carbocycles. The fraction of sp³-hybridized carbons (Fsp3) is 0.333. The van der Waals surface area contributed by atoms with Crippen molar-refractivity contribution in [3.63, 3.8) is 0 Å². The number of amides is 1. The molecule has 0 saturated heterocycles. The van der Waals surface area contributed by atoms with Crippen LogP contribution in [0.25, 0.3) is 0 Å². The predicted octanol–water partition coefficient (Wildman–Crippen LogP) is 3.73. The van der Waals surface area contributed by atoms with E-state index >= 15 is 0 Å². The van der Waals surface area contributed by atoms with Crippen molar-refractivity contribution in [3.05, 3.63) is 36.7 Å². The molecule has 0 unspecified atom stereocenters. The van der Waals surface area contributed by atoms with Crippen molar-refractivity contribution in [1.29, 1.82) is 0 Å². The summed E-state index contributed by atoms with van der Waals surface area (Å²) >= 11 is 8.17. The Kier molecular flexibility index (Phi) is 4.81. The van der Waals surface area contributed by atoms with Gasteiger partial charge < -0.3 is 5.32 Å². The lowest BCUT2D eigenvalue weighted by Gasteiger charge is -2.04. The van der Waals surface area contributed by atoms with Crippen LogP contribution in [0.15, 0.2) is 20.5 Å². The van der Waals surface area contributed by atoms with Crippen LogP contribution >= 0.6 is 43.2 Å². The number of rotatable bonds is 4. The van der Waals surface area contributed by atoms with Crippen LogP contribution in [-0.2, 0) is 13.1 Å². The molecule has 1 N–H and O–H groups in total. The Labute approximate surface area is 132 Å². The first-order valence-electron chi connectivity index (χ1n) is 5.77. The van der Waals surface area contributed by atoms with Gasteiger partial charge in [0.05, 0.1) is 14.9 Å². The minimum absolute atomic E-state index is 0.0694. The van der Waals surface area contributed by atoms with Crippen LogP contribution in [-0.4, -0.2) is 15.7 Å². The van der Waals surface area contributed by atoms with E-state index in [9.17, 15) is 4.79 Å². The molecule has 0 aliphatic heterocycles. The molecule has 102 valence electrons. The van der Waals surface area contributed by atoms with Gasteiger partial charge in [0, 0.05) is 28.8 Å². The molecule has 0 fully saturated rings. The van der Waals surface area contributed by atoms with Crippen LogP contribution in [0.3, 0.4) is 0 Å². The normalized spacial score (nSPS) is 10.7. The summed E-state index contributed by atoms with van der Waals surface area (Å²) in [6.07, 6.45) is 1.80. The largest absolute Gasteiger partial charge is 0.347 e. The molecule has 2 aromatic heterocycles. The van der Waals surface area contributed by atoms with E-state index in [1.54, 1.807) is 6.20 Å². The Morgan fingerprint density at radius 2 is 2.26 bits per heavy atom. The number of aromatic nitrogens is 2. The van der Waals surface area contributed by atoms with Gasteiger partial charge in [-0.2, -0.15) is 5.10 Å². The summed E-state index contributed by atoms with van der Waals surface area (Å²) in [7, 11) is 0.